The molecule has 3 aromatic rings. The lowest BCUT2D eigenvalue weighted by atomic mass is 10.0. The molecule has 1 N–H and O–H groups in total. The van der Waals surface area contributed by atoms with E-state index in [1.165, 1.54) is 0 Å². The molecular formula is C25H21N3O4. The number of Topliss-reactive ketones (excluding diaryl/α,β-unsaturated/α-hetero) is 1. The normalized spacial score (nSPS) is 22.2. The highest BCUT2D eigenvalue weighted by atomic mass is 16.5. The van der Waals surface area contributed by atoms with E-state index in [4.69, 9.17) is 9.47 Å². The van der Waals surface area contributed by atoms with E-state index in [0.717, 1.165) is 22.6 Å². The van der Waals surface area contributed by atoms with Gasteiger partial charge in [-0.15, -0.1) is 0 Å². The van der Waals surface area contributed by atoms with Gasteiger partial charge in [0.1, 0.15) is 29.2 Å². The van der Waals surface area contributed by atoms with E-state index in [0.29, 0.717) is 42.1 Å². The third-order valence-corrected chi connectivity index (χ3v) is 6.44. The van der Waals surface area contributed by atoms with Crippen LogP contribution in [0.1, 0.15) is 45.9 Å². The topological polar surface area (TPSA) is 90.4 Å². The summed E-state index contributed by atoms with van der Waals surface area (Å²) >= 11 is 0. The van der Waals surface area contributed by atoms with Gasteiger partial charge in [0.05, 0.1) is 0 Å². The van der Waals surface area contributed by atoms with Crippen LogP contribution in [0.2, 0.25) is 0 Å². The molecule has 32 heavy (non-hydrogen) atoms. The van der Waals surface area contributed by atoms with Crippen molar-refractivity contribution in [3.05, 3.63) is 71.2 Å². The molecule has 160 valence electrons. The molecular weight excluding hydrogens is 406 g/mol. The van der Waals surface area contributed by atoms with Gasteiger partial charge in [-0.1, -0.05) is 0 Å². The van der Waals surface area contributed by atoms with Gasteiger partial charge in [-0.25, -0.2) is 4.98 Å². The average Bonchev–Trinajstić information content (AvgIpc) is 3.30. The summed E-state index contributed by atoms with van der Waals surface area (Å²) in [6.45, 7) is 1.89. The summed E-state index contributed by atoms with van der Waals surface area (Å²) < 4.78 is 12.3. The van der Waals surface area contributed by atoms with E-state index in [-0.39, 0.29) is 29.6 Å². The van der Waals surface area contributed by atoms with Gasteiger partial charge in [-0.2, -0.15) is 0 Å². The molecule has 3 aliphatic rings. The minimum Gasteiger partial charge on any atom is -0.489 e. The number of fused-ring (bicyclic) bond motifs is 4. The minimum atomic E-state index is -0.0286. The van der Waals surface area contributed by atoms with E-state index >= 15 is 0 Å². The first-order valence-electron chi connectivity index (χ1n) is 10.8. The molecule has 4 heterocycles. The van der Waals surface area contributed by atoms with Crippen molar-refractivity contribution in [2.45, 2.75) is 38.2 Å². The highest BCUT2D eigenvalue weighted by Crippen LogP contribution is 2.60. The molecule has 1 aliphatic carbocycles. The van der Waals surface area contributed by atoms with E-state index in [9.17, 15) is 9.59 Å². The summed E-state index contributed by atoms with van der Waals surface area (Å²) in [6.07, 6.45) is 4.84. The quantitative estimate of drug-likeness (QED) is 0.614. The number of benzene rings is 1. The van der Waals surface area contributed by atoms with Crippen molar-refractivity contribution in [3.63, 3.8) is 0 Å². The summed E-state index contributed by atoms with van der Waals surface area (Å²) in [5.74, 6) is 3.32. The van der Waals surface area contributed by atoms with Crippen molar-refractivity contribution in [1.29, 1.82) is 0 Å². The van der Waals surface area contributed by atoms with Gasteiger partial charge in [0, 0.05) is 59.5 Å². The number of anilines is 1. The molecule has 1 fully saturated rings. The number of pyridine rings is 2. The highest BCUT2D eigenvalue weighted by molar-refractivity contribution is 5.96. The molecule has 1 aromatic carbocycles. The lowest BCUT2D eigenvalue weighted by Gasteiger charge is -2.19. The Morgan fingerprint density at radius 3 is 2.91 bits per heavy atom. The number of nitrogens with one attached hydrogen (secondary N) is 1. The molecule has 2 aromatic heterocycles. The van der Waals surface area contributed by atoms with Crippen molar-refractivity contribution < 1.29 is 19.1 Å². The number of aromatic nitrogens is 2. The Morgan fingerprint density at radius 1 is 1.16 bits per heavy atom. The van der Waals surface area contributed by atoms with Crippen LogP contribution in [-0.4, -0.2) is 27.8 Å². The molecule has 1 saturated carbocycles. The fourth-order valence-electron chi connectivity index (χ4n) is 4.79. The maximum absolute atomic E-state index is 12.7. The number of carbonyl (C=O) groups excluding carboxylic acids is 2. The number of nitrogens with zero attached hydrogens (tertiary/aromatic N) is 2. The maximum Gasteiger partial charge on any atom is 0.225 e. The number of amides is 1. The number of carbonyl (C=O) groups is 2. The fraction of sp³-hybridized carbons (Fsp3) is 0.280. The van der Waals surface area contributed by atoms with Crippen LogP contribution in [0.5, 0.6) is 17.2 Å². The summed E-state index contributed by atoms with van der Waals surface area (Å²) in [5.41, 5.74) is 3.54. The van der Waals surface area contributed by atoms with Gasteiger partial charge >= 0.3 is 0 Å². The Morgan fingerprint density at radius 2 is 2.03 bits per heavy atom. The van der Waals surface area contributed by atoms with Crippen molar-refractivity contribution in [2.75, 3.05) is 5.32 Å². The lowest BCUT2D eigenvalue weighted by Crippen LogP contribution is -2.20. The lowest BCUT2D eigenvalue weighted by molar-refractivity contribution is -0.116. The van der Waals surface area contributed by atoms with Crippen LogP contribution in [0, 0.1) is 12.8 Å². The van der Waals surface area contributed by atoms with E-state index in [2.05, 4.69) is 15.3 Å². The van der Waals surface area contributed by atoms with Gasteiger partial charge in [0.2, 0.25) is 5.91 Å². The zero-order valence-corrected chi connectivity index (χ0v) is 17.5. The summed E-state index contributed by atoms with van der Waals surface area (Å²) in [4.78, 5) is 32.8. The first-order valence-corrected chi connectivity index (χ1v) is 10.8. The molecule has 0 saturated heterocycles. The summed E-state index contributed by atoms with van der Waals surface area (Å²) in [6, 6.07) is 11.2. The van der Waals surface area contributed by atoms with Gasteiger partial charge in [-0.3, -0.25) is 14.6 Å². The van der Waals surface area contributed by atoms with Gasteiger partial charge in [0.15, 0.2) is 5.78 Å². The molecule has 3 atom stereocenters. The monoisotopic (exact) mass is 427 g/mol. The first kappa shape index (κ1) is 19.0. The Balaban J connectivity index is 1.20. The molecule has 0 radical (unpaired) electrons. The van der Waals surface area contributed by atoms with Crippen molar-refractivity contribution >= 4 is 17.5 Å². The standard InChI is InChI=1S/C25H21N3O4/c1-13-10-14(6-8-26-13)19(29)12-18-23-17-11-15(2-4-20(17)32-24(18)23)31-21-7-9-27-25-16(21)3-5-22(30)28-25/h2,4,6-11,18,23-24H,3,5,12H2,1H3,(H,27,28,30)/t18-,23-,24+/m0/s1. The second-order valence-corrected chi connectivity index (χ2v) is 8.57. The molecule has 0 spiro atoms. The molecule has 1 amide bonds. The van der Waals surface area contributed by atoms with E-state index < -0.39 is 0 Å². The molecule has 7 nitrogen and oxygen atoms in total. The maximum atomic E-state index is 12.7. The Bertz CT molecular complexity index is 1270. The number of rotatable bonds is 5. The number of aryl methyl sites for hydroxylation is 1. The second-order valence-electron chi connectivity index (χ2n) is 8.57. The van der Waals surface area contributed by atoms with E-state index in [1.54, 1.807) is 18.5 Å². The SMILES string of the molecule is Cc1cc(C(=O)C[C@@H]2[C@H]3Oc4ccc(Oc5ccnc6c5CCC(=O)N6)cc4[C@@H]23)ccn1. The molecule has 7 heteroatoms. The predicted molar refractivity (Wildman–Crippen MR) is 116 cm³/mol. The number of ketones is 1. The number of hydrogen-bond acceptors (Lipinski definition) is 6. The predicted octanol–water partition coefficient (Wildman–Crippen LogP) is 4.21. The first-order chi connectivity index (χ1) is 15.6. The third-order valence-electron chi connectivity index (χ3n) is 6.44. The average molecular weight is 427 g/mol. The van der Waals surface area contributed by atoms with Crippen LogP contribution in [0.25, 0.3) is 0 Å². The molecule has 0 unspecified atom stereocenters. The molecule has 6 rings (SSSR count). The van der Waals surface area contributed by atoms with Crippen LogP contribution in [-0.2, 0) is 11.2 Å². The minimum absolute atomic E-state index is 0.0286. The fourth-order valence-corrected chi connectivity index (χ4v) is 4.79. The van der Waals surface area contributed by atoms with E-state index in [1.807, 2.05) is 37.3 Å². The van der Waals surface area contributed by atoms with Crippen molar-refractivity contribution in [2.24, 2.45) is 5.92 Å². The Labute approximate surface area is 184 Å². The zero-order valence-electron chi connectivity index (χ0n) is 17.5. The summed E-state index contributed by atoms with van der Waals surface area (Å²) in [5, 5.41) is 2.80. The highest BCUT2D eigenvalue weighted by Gasteiger charge is 2.59. The Hall–Kier alpha value is -3.74. The smallest absolute Gasteiger partial charge is 0.225 e. The third kappa shape index (κ3) is 3.21. The Kier molecular flexibility index (Phi) is 4.24. The van der Waals surface area contributed by atoms with Crippen LogP contribution < -0.4 is 14.8 Å². The van der Waals surface area contributed by atoms with Gasteiger partial charge in [0.25, 0.3) is 0 Å². The van der Waals surface area contributed by atoms with Gasteiger partial charge < -0.3 is 14.8 Å². The second kappa shape index (κ2) is 7.15. The summed E-state index contributed by atoms with van der Waals surface area (Å²) in [7, 11) is 0. The largest absolute Gasteiger partial charge is 0.489 e. The van der Waals surface area contributed by atoms with Gasteiger partial charge in [-0.05, 0) is 49.7 Å². The molecule has 2 aliphatic heterocycles. The zero-order chi connectivity index (χ0) is 21.8. The number of hydrogen-bond donors (Lipinski definition) is 1. The van der Waals surface area contributed by atoms with Crippen LogP contribution >= 0.6 is 0 Å². The van der Waals surface area contributed by atoms with Crippen LogP contribution in [0.15, 0.2) is 48.8 Å². The van der Waals surface area contributed by atoms with Crippen LogP contribution in [0.3, 0.4) is 0 Å². The van der Waals surface area contributed by atoms with Crippen LogP contribution in [0.4, 0.5) is 5.82 Å². The number of ether oxygens (including phenoxy) is 2. The molecule has 0 bridgehead atoms. The van der Waals surface area contributed by atoms with Crippen molar-refractivity contribution in [3.8, 4) is 17.2 Å². The van der Waals surface area contributed by atoms with Crippen molar-refractivity contribution in [1.82, 2.24) is 9.97 Å².